The Balaban J connectivity index is 0.000000330. The van der Waals surface area contributed by atoms with Crippen molar-refractivity contribution < 1.29 is 132 Å². The van der Waals surface area contributed by atoms with Crippen molar-refractivity contribution in [3.63, 3.8) is 0 Å². The van der Waals surface area contributed by atoms with Crippen molar-refractivity contribution in [3.8, 4) is 11.5 Å². The average molecular weight is 1580 g/mol. The molecular weight excluding hydrogens is 1520 g/mol. The van der Waals surface area contributed by atoms with Crippen molar-refractivity contribution in [2.24, 2.45) is 17.3 Å². The van der Waals surface area contributed by atoms with Gasteiger partial charge < -0.3 is 42.7 Å². The van der Waals surface area contributed by atoms with Crippen molar-refractivity contribution in [1.82, 2.24) is 54.2 Å². The molecule has 0 saturated carbocycles. The highest BCUT2D eigenvalue weighted by molar-refractivity contribution is 6.01. The molecule has 0 radical (unpaired) electrons. The molecule has 1 unspecified atom stereocenters. The number of amides is 2. The monoisotopic (exact) mass is 1580 g/mol. The minimum Gasteiger partial charge on any atom is -0.437 e. The fraction of sp³-hybridized carbons (Fsp3) is 0.219. The molecule has 2 aliphatic rings. The number of methoxy groups -OCH3 is 1. The summed E-state index contributed by atoms with van der Waals surface area (Å²) >= 11 is 0. The first-order valence-electron chi connectivity index (χ1n) is 30.4. The van der Waals surface area contributed by atoms with Crippen LogP contribution in [0.15, 0.2) is 157 Å². The lowest BCUT2D eigenvalue weighted by molar-refractivity contribution is -0.385. The quantitative estimate of drug-likeness (QED) is 0.0158. The Kier molecular flexibility index (Phi) is 35.5. The third kappa shape index (κ3) is 29.1. The fourth-order valence-corrected chi connectivity index (χ4v) is 7.34. The number of non-ortho nitro benzene ring substituents is 2. The number of esters is 4. The zero-order chi connectivity index (χ0) is 84.4. The Hall–Kier alpha value is -15.5. The van der Waals surface area contributed by atoms with Gasteiger partial charge in [0.1, 0.15) is 28.6 Å². The number of carbonyl (C=O) groups is 12. The summed E-state index contributed by atoms with van der Waals surface area (Å²) in [4.78, 5) is 197. The van der Waals surface area contributed by atoms with Crippen LogP contribution in [0.1, 0.15) is 96.3 Å². The molecular formula is C64H58F5N15O28. The Morgan fingerprint density at radius 1 is 0.554 bits per heavy atom. The zero-order valence-corrected chi connectivity index (χ0v) is 59.6. The molecule has 1 saturated heterocycles. The van der Waals surface area contributed by atoms with Crippen LogP contribution in [0, 0.1) is 49.3 Å². The predicted octanol–water partition coefficient (Wildman–Crippen LogP) is 5.78. The van der Waals surface area contributed by atoms with Gasteiger partial charge in [-0.15, -0.1) is 15.3 Å². The molecule has 0 N–H and O–H groups in total. The highest BCUT2D eigenvalue weighted by atomic mass is 19.2. The Labute approximate surface area is 620 Å². The normalized spacial score (nSPS) is 11.7. The van der Waals surface area contributed by atoms with Gasteiger partial charge in [0, 0.05) is 119 Å². The summed E-state index contributed by atoms with van der Waals surface area (Å²) in [6.45, 7) is 10.7. The summed E-state index contributed by atoms with van der Waals surface area (Å²) in [5, 5.41) is 43.9. The second-order valence-electron chi connectivity index (χ2n) is 20.6. The smallest absolute Gasteiger partial charge is 0.437 e. The molecule has 1 fully saturated rings. The topological polar surface area (TPSA) is 546 Å². The highest BCUT2D eigenvalue weighted by Gasteiger charge is 2.32. The minimum absolute atomic E-state index is 0.00768. The number of hydrogen-bond acceptors (Lipinski definition) is 35. The summed E-state index contributed by atoms with van der Waals surface area (Å²) in [5.41, 5.74) is 1.21. The number of ether oxygens (including phenoxy) is 5. The van der Waals surface area contributed by atoms with E-state index in [0.29, 0.717) is 58.2 Å². The molecule has 2 aliphatic heterocycles. The van der Waals surface area contributed by atoms with Crippen molar-refractivity contribution >= 4 is 105 Å². The third-order valence-corrected chi connectivity index (χ3v) is 12.0. The number of imidazole rings is 1. The number of nitro groups is 2. The number of nitrogens with zero attached hydrogens (tertiary/aromatic N) is 15. The number of aromatic nitrogens is 10. The number of benzene rings is 5. The molecule has 48 heteroatoms. The number of hydroxylamine groups is 2. The van der Waals surface area contributed by atoms with Crippen LogP contribution in [-0.2, 0) is 69.2 Å². The summed E-state index contributed by atoms with van der Waals surface area (Å²) in [5.74, 6) is -18.8. The van der Waals surface area contributed by atoms with Crippen molar-refractivity contribution in [1.29, 1.82) is 0 Å². The number of rotatable bonds is 9. The first kappa shape index (κ1) is 90.8. The molecule has 6 heterocycles. The fourth-order valence-electron chi connectivity index (χ4n) is 7.34. The van der Waals surface area contributed by atoms with Crippen LogP contribution in [0.2, 0.25) is 0 Å². The van der Waals surface area contributed by atoms with Gasteiger partial charge in [0.2, 0.25) is 40.7 Å². The first-order chi connectivity index (χ1) is 52.6. The van der Waals surface area contributed by atoms with Gasteiger partial charge in [0.05, 0.1) is 28.5 Å². The van der Waals surface area contributed by atoms with Crippen LogP contribution in [0.4, 0.5) is 38.1 Å². The van der Waals surface area contributed by atoms with Crippen molar-refractivity contribution in [3.05, 3.63) is 214 Å². The summed E-state index contributed by atoms with van der Waals surface area (Å²) in [6, 6.07) is 24.6. The Bertz CT molecular complexity index is 5190. The van der Waals surface area contributed by atoms with E-state index in [9.17, 15) is 114 Å². The van der Waals surface area contributed by atoms with Gasteiger partial charge in [-0.05, 0) is 69.4 Å². The molecule has 112 heavy (non-hydrogen) atoms. The van der Waals surface area contributed by atoms with E-state index in [2.05, 4.69) is 69.0 Å². The van der Waals surface area contributed by atoms with Crippen LogP contribution >= 0.6 is 0 Å². The van der Waals surface area contributed by atoms with Crippen molar-refractivity contribution in [2.75, 3.05) is 7.11 Å². The predicted molar refractivity (Wildman–Crippen MR) is 358 cm³/mol. The maximum Gasteiger partial charge on any atom is 0.515 e. The molecule has 5 aromatic carbocycles. The van der Waals surface area contributed by atoms with Gasteiger partial charge in [0.15, 0.2) is 11.8 Å². The van der Waals surface area contributed by atoms with Crippen LogP contribution in [-0.4, -0.2) is 143 Å². The number of nitro benzene ring substituents is 2. The van der Waals surface area contributed by atoms with Gasteiger partial charge >= 0.3 is 64.9 Å². The van der Waals surface area contributed by atoms with Gasteiger partial charge in [-0.25, -0.2) is 51.5 Å². The second-order valence-corrected chi connectivity index (χ2v) is 20.6. The summed E-state index contributed by atoms with van der Waals surface area (Å²) in [7, 11) is 2.36. The summed E-state index contributed by atoms with van der Waals surface area (Å²) in [6.07, 6.45) is 5.30. The molecule has 43 nitrogen and oxygen atoms in total. The number of carbonyl (C=O) groups excluding carboxylic acids is 12. The number of imide groups is 1. The van der Waals surface area contributed by atoms with E-state index >= 15 is 0 Å². The SMILES string of the molecule is CC(=O)OC1=CN=NC1c1ccc([N+](=O)[O-])cc1.CC(=O)ON1C(=O)CCC1=O.CC(=O)Oc1c(F)c(F)c(F)c(F)c1F.CC(=O)Oc1ccc([N+](=O)[O-])cc1.CC(=O)On1nnc2ccccc21.CC(=O)On1nnc2ccccc2c1=O.CC(=O)n1ccnc1.CC(=O)n1oc(=O)n(C)c1=O.COC(=O)OC(C)=O. The molecule has 0 aliphatic carbocycles. The molecule has 2 amide bonds. The Morgan fingerprint density at radius 2 is 1.04 bits per heavy atom. The van der Waals surface area contributed by atoms with E-state index in [0.717, 1.165) is 39.6 Å². The highest BCUT2D eigenvalue weighted by Crippen LogP contribution is 2.33. The van der Waals surface area contributed by atoms with E-state index < -0.39 is 133 Å². The number of halogens is 5. The van der Waals surface area contributed by atoms with Gasteiger partial charge in [-0.2, -0.15) is 19.0 Å². The number of fused-ring (bicyclic) bond motifs is 2. The minimum atomic E-state index is -2.30. The molecule has 592 valence electrons. The lowest BCUT2D eigenvalue weighted by Gasteiger charge is -2.10. The molecule has 11 rings (SSSR count). The molecule has 0 bridgehead atoms. The number of hydrogen-bond donors (Lipinski definition) is 0. The van der Waals surface area contributed by atoms with E-state index in [1.807, 2.05) is 12.1 Å². The largest absolute Gasteiger partial charge is 0.515 e. The molecule has 0 spiro atoms. The Morgan fingerprint density at radius 3 is 1.46 bits per heavy atom. The van der Waals surface area contributed by atoms with E-state index in [1.54, 1.807) is 60.9 Å². The molecule has 9 aromatic rings. The number of para-hydroxylation sites is 1. The van der Waals surface area contributed by atoms with E-state index in [-0.39, 0.29) is 30.1 Å². The van der Waals surface area contributed by atoms with Gasteiger partial charge in [0.25, 0.3) is 29.1 Å². The zero-order valence-electron chi connectivity index (χ0n) is 59.6. The van der Waals surface area contributed by atoms with Gasteiger partial charge in [-0.1, -0.05) is 33.9 Å². The lowest BCUT2D eigenvalue weighted by Crippen LogP contribution is -2.32. The van der Waals surface area contributed by atoms with E-state index in [1.165, 1.54) is 95.2 Å². The first-order valence-corrected chi connectivity index (χ1v) is 30.4. The van der Waals surface area contributed by atoms with E-state index in [4.69, 9.17) is 9.57 Å². The van der Waals surface area contributed by atoms with Crippen LogP contribution in [0.5, 0.6) is 11.5 Å². The number of azo groups is 1. The maximum absolute atomic E-state index is 12.8. The standard InChI is InChI=1S/C11H9N3O4.C9H7N3O3.C8H3F5O2.C8H7N3O2.C8H7NO4.C6H7NO4.C5H6N2O4.C5H6N2O.C4H6O4/c1-7(15)18-10-6-12-13-11(10)8-2-4-9(5-3-8)14(16)17;1-6(13)15-12-9(14)7-4-2-3-5-8(7)10-11-12;1-2(14)15-8-6(12)4(10)3(9)5(11)7(8)13;1-6(12)13-11-8-5-3-2-4-7(8)9-10-11;1-6(10)13-8-4-2-7(3-5-8)9(11)12;1-4(8)11-7-5(9)2-3-6(7)10;1-3(8)7-4(9)6(2)5(10)11-7;1-5(8)7-3-2-6-4-7;1-3(5)8-4(6)7-2/h2-6,11H,1H3;2-5H,1H3;1H3;2*2-5H,1H3;2-3H2,1H3;1-2H3;2-4H,1H3;1-2H3. The summed E-state index contributed by atoms with van der Waals surface area (Å²) < 4.78 is 91.2. The van der Waals surface area contributed by atoms with Crippen LogP contribution in [0.3, 0.4) is 0 Å². The second kappa shape index (κ2) is 43.9. The van der Waals surface area contributed by atoms with Crippen LogP contribution in [0.25, 0.3) is 21.9 Å². The average Bonchev–Trinajstić information content (AvgIpc) is 1.42. The van der Waals surface area contributed by atoms with Gasteiger partial charge in [-0.3, -0.25) is 67.9 Å². The van der Waals surface area contributed by atoms with Crippen LogP contribution < -0.4 is 36.2 Å². The molecule has 4 aromatic heterocycles. The lowest BCUT2D eigenvalue weighted by atomic mass is 10.1. The maximum atomic E-state index is 12.8. The molecule has 1 atom stereocenters. The third-order valence-electron chi connectivity index (χ3n) is 12.0. The van der Waals surface area contributed by atoms with Crippen molar-refractivity contribution in [2.45, 2.75) is 81.2 Å².